The van der Waals surface area contributed by atoms with E-state index >= 15 is 0 Å². The maximum absolute atomic E-state index is 6.00. The lowest BCUT2D eigenvalue weighted by molar-refractivity contribution is 1.15. The minimum absolute atomic E-state index is 0.618. The van der Waals surface area contributed by atoms with E-state index in [1.165, 1.54) is 0 Å². The van der Waals surface area contributed by atoms with Gasteiger partial charge in [0, 0.05) is 18.1 Å². The minimum Gasteiger partial charge on any atom is -0.330 e. The number of thioether (sulfide) groups is 1. The topological polar surface area (TPSA) is 26.0 Å². The summed E-state index contributed by atoms with van der Waals surface area (Å²) in [6, 6.07) is 5.69. The van der Waals surface area contributed by atoms with Crippen molar-refractivity contribution in [1.29, 1.82) is 0 Å². The highest BCUT2D eigenvalue weighted by molar-refractivity contribution is 7.98. The second kappa shape index (κ2) is 5.76. The van der Waals surface area contributed by atoms with Crippen molar-refractivity contribution in [1.82, 2.24) is 0 Å². The molecule has 0 amide bonds. The molecule has 0 saturated carbocycles. The van der Waals surface area contributed by atoms with Gasteiger partial charge in [0.25, 0.3) is 0 Å². The van der Waals surface area contributed by atoms with Crippen molar-refractivity contribution >= 4 is 35.0 Å². The van der Waals surface area contributed by atoms with Crippen molar-refractivity contribution < 1.29 is 0 Å². The van der Waals surface area contributed by atoms with Gasteiger partial charge in [-0.25, -0.2) is 0 Å². The molecule has 0 heterocycles. The first kappa shape index (κ1) is 11.2. The molecule has 0 bridgehead atoms. The van der Waals surface area contributed by atoms with Crippen LogP contribution in [0, 0.1) is 0 Å². The van der Waals surface area contributed by atoms with Crippen molar-refractivity contribution in [3.8, 4) is 0 Å². The maximum atomic E-state index is 6.00. The van der Waals surface area contributed by atoms with E-state index in [0.717, 1.165) is 17.1 Å². The summed E-state index contributed by atoms with van der Waals surface area (Å²) >= 11 is 13.6. The van der Waals surface area contributed by atoms with Crippen LogP contribution in [-0.4, -0.2) is 12.3 Å². The van der Waals surface area contributed by atoms with Crippen molar-refractivity contribution in [2.24, 2.45) is 5.73 Å². The molecule has 0 aliphatic carbocycles. The van der Waals surface area contributed by atoms with E-state index in [1.807, 2.05) is 12.1 Å². The van der Waals surface area contributed by atoms with E-state index in [9.17, 15) is 0 Å². The van der Waals surface area contributed by atoms with Gasteiger partial charge >= 0.3 is 0 Å². The summed E-state index contributed by atoms with van der Waals surface area (Å²) in [6.45, 7) is 0.697. The van der Waals surface area contributed by atoms with E-state index in [2.05, 4.69) is 0 Å². The van der Waals surface area contributed by atoms with Crippen LogP contribution in [0.3, 0.4) is 0 Å². The molecule has 0 radical (unpaired) electrons. The molecule has 2 N–H and O–H groups in total. The quantitative estimate of drug-likeness (QED) is 0.812. The molecule has 1 nitrogen and oxygen atoms in total. The van der Waals surface area contributed by atoms with Gasteiger partial charge in [0.1, 0.15) is 0 Å². The van der Waals surface area contributed by atoms with Gasteiger partial charge in [-0.1, -0.05) is 35.3 Å². The first-order valence-corrected chi connectivity index (χ1v) is 5.87. The molecule has 0 atom stereocenters. The Morgan fingerprint density at radius 1 is 1.31 bits per heavy atom. The molecule has 1 aromatic rings. The number of hydrogen-bond acceptors (Lipinski definition) is 2. The molecular formula is C9H11Cl2NS. The molecule has 0 unspecified atom stereocenters. The summed E-state index contributed by atoms with van der Waals surface area (Å²) < 4.78 is 0. The standard InChI is InChI=1S/C9H11Cl2NS/c10-8-3-1-2-7(9(8)11)6-13-5-4-12/h1-3H,4-6,12H2. The van der Waals surface area contributed by atoms with Gasteiger partial charge < -0.3 is 5.73 Å². The number of rotatable bonds is 4. The molecular weight excluding hydrogens is 225 g/mol. The van der Waals surface area contributed by atoms with Crippen LogP contribution in [0.1, 0.15) is 5.56 Å². The number of nitrogens with two attached hydrogens (primary N) is 1. The van der Waals surface area contributed by atoms with Gasteiger partial charge in [0.15, 0.2) is 0 Å². The lowest BCUT2D eigenvalue weighted by atomic mass is 10.2. The average Bonchev–Trinajstić information content (AvgIpc) is 2.13. The van der Waals surface area contributed by atoms with Crippen molar-refractivity contribution in [3.05, 3.63) is 33.8 Å². The highest BCUT2D eigenvalue weighted by atomic mass is 35.5. The third-order valence-corrected chi connectivity index (χ3v) is 3.45. The van der Waals surface area contributed by atoms with Crippen LogP contribution in [0.25, 0.3) is 0 Å². The van der Waals surface area contributed by atoms with Gasteiger partial charge in [-0.2, -0.15) is 11.8 Å². The van der Waals surface area contributed by atoms with E-state index < -0.39 is 0 Å². The lowest BCUT2D eigenvalue weighted by Crippen LogP contribution is -2.01. The predicted octanol–water partition coefficient (Wildman–Crippen LogP) is 3.19. The summed E-state index contributed by atoms with van der Waals surface area (Å²) in [7, 11) is 0. The summed E-state index contributed by atoms with van der Waals surface area (Å²) in [6.07, 6.45) is 0. The SMILES string of the molecule is NCCSCc1cccc(Cl)c1Cl. The molecule has 4 heteroatoms. The summed E-state index contributed by atoms with van der Waals surface area (Å²) in [5, 5.41) is 1.28. The molecule has 1 aromatic carbocycles. The van der Waals surface area contributed by atoms with Crippen molar-refractivity contribution in [3.63, 3.8) is 0 Å². The monoisotopic (exact) mass is 235 g/mol. The number of halogens is 2. The predicted molar refractivity (Wildman–Crippen MR) is 61.7 cm³/mol. The van der Waals surface area contributed by atoms with Crippen LogP contribution in [0.2, 0.25) is 10.0 Å². The molecule has 0 spiro atoms. The lowest BCUT2D eigenvalue weighted by Gasteiger charge is -2.04. The maximum Gasteiger partial charge on any atom is 0.0632 e. The Hall–Kier alpha value is 0.110. The van der Waals surface area contributed by atoms with Crippen molar-refractivity contribution in [2.75, 3.05) is 12.3 Å². The Kier molecular flexibility index (Phi) is 4.96. The van der Waals surface area contributed by atoms with E-state index in [1.54, 1.807) is 17.8 Å². The highest BCUT2D eigenvalue weighted by Gasteiger charge is 2.03. The fraction of sp³-hybridized carbons (Fsp3) is 0.333. The Bertz CT molecular complexity index is 278. The van der Waals surface area contributed by atoms with E-state index in [4.69, 9.17) is 28.9 Å². The molecule has 72 valence electrons. The van der Waals surface area contributed by atoms with Gasteiger partial charge in [-0.05, 0) is 11.6 Å². The van der Waals surface area contributed by atoms with Crippen LogP contribution in [-0.2, 0) is 5.75 Å². The molecule has 0 aliphatic rings. The largest absolute Gasteiger partial charge is 0.330 e. The number of benzene rings is 1. The van der Waals surface area contributed by atoms with E-state index in [-0.39, 0.29) is 0 Å². The summed E-state index contributed by atoms with van der Waals surface area (Å²) in [5.74, 6) is 1.82. The normalized spacial score (nSPS) is 10.4. The van der Waals surface area contributed by atoms with E-state index in [0.29, 0.717) is 16.6 Å². The second-order valence-corrected chi connectivity index (χ2v) is 4.44. The average molecular weight is 236 g/mol. The third-order valence-electron chi connectivity index (χ3n) is 1.55. The smallest absolute Gasteiger partial charge is 0.0632 e. The van der Waals surface area contributed by atoms with Crippen molar-refractivity contribution in [2.45, 2.75) is 5.75 Å². The zero-order chi connectivity index (χ0) is 9.68. The Labute approximate surface area is 92.6 Å². The van der Waals surface area contributed by atoms with Gasteiger partial charge in [-0.15, -0.1) is 0 Å². The van der Waals surface area contributed by atoms with Crippen LogP contribution in [0.5, 0.6) is 0 Å². The van der Waals surface area contributed by atoms with Crippen LogP contribution in [0.15, 0.2) is 18.2 Å². The first-order valence-electron chi connectivity index (χ1n) is 3.96. The summed E-state index contributed by atoms with van der Waals surface area (Å²) in [4.78, 5) is 0. The fourth-order valence-corrected chi connectivity index (χ4v) is 2.16. The van der Waals surface area contributed by atoms with Crippen LogP contribution < -0.4 is 5.73 Å². The number of hydrogen-bond donors (Lipinski definition) is 1. The Morgan fingerprint density at radius 3 is 2.77 bits per heavy atom. The minimum atomic E-state index is 0.618. The fourth-order valence-electron chi connectivity index (χ4n) is 0.925. The molecule has 0 aromatic heterocycles. The van der Waals surface area contributed by atoms with Gasteiger partial charge in [-0.3, -0.25) is 0 Å². The zero-order valence-corrected chi connectivity index (χ0v) is 9.42. The zero-order valence-electron chi connectivity index (χ0n) is 7.09. The molecule has 0 fully saturated rings. The van der Waals surface area contributed by atoms with Gasteiger partial charge in [0.05, 0.1) is 10.0 Å². The van der Waals surface area contributed by atoms with Crippen LogP contribution in [0.4, 0.5) is 0 Å². The molecule has 13 heavy (non-hydrogen) atoms. The van der Waals surface area contributed by atoms with Gasteiger partial charge in [0.2, 0.25) is 0 Å². The summed E-state index contributed by atoms with van der Waals surface area (Å²) in [5.41, 5.74) is 6.46. The third kappa shape index (κ3) is 3.39. The molecule has 0 aliphatic heterocycles. The first-order chi connectivity index (χ1) is 6.25. The Balaban J connectivity index is 2.61. The second-order valence-electron chi connectivity index (χ2n) is 2.55. The molecule has 1 rings (SSSR count). The molecule has 0 saturated heterocycles. The Morgan fingerprint density at radius 2 is 2.08 bits per heavy atom. The van der Waals surface area contributed by atoms with Crippen LogP contribution >= 0.6 is 35.0 Å². The highest BCUT2D eigenvalue weighted by Crippen LogP contribution is 2.28.